The molecule has 0 saturated carbocycles. The maximum atomic E-state index is 12.5. The molecule has 3 heteroatoms. The number of halogens is 2. The second-order valence-electron chi connectivity index (χ2n) is 2.87. The van der Waals surface area contributed by atoms with Gasteiger partial charge in [-0.3, -0.25) is 4.79 Å². The highest BCUT2D eigenvalue weighted by Crippen LogP contribution is 2.27. The van der Waals surface area contributed by atoms with E-state index in [2.05, 4.69) is 0 Å². The summed E-state index contributed by atoms with van der Waals surface area (Å²) in [4.78, 5) is 10.2. The van der Waals surface area contributed by atoms with Crippen molar-refractivity contribution in [3.8, 4) is 0 Å². The molecule has 0 aromatic heterocycles. The molecule has 0 bridgehead atoms. The van der Waals surface area contributed by atoms with Crippen LogP contribution < -0.4 is 0 Å². The number of alkyl halides is 2. The summed E-state index contributed by atoms with van der Waals surface area (Å²) in [5.74, 6) is 0. The van der Waals surface area contributed by atoms with Crippen molar-refractivity contribution in [3.05, 3.63) is 41.5 Å². The van der Waals surface area contributed by atoms with Gasteiger partial charge in [-0.1, -0.05) is 24.3 Å². The average Bonchev–Trinajstić information content (AvgIpc) is 2.18. The summed E-state index contributed by atoms with van der Waals surface area (Å²) in [5, 5.41) is 0. The standard InChI is InChI=1S/C11H10F2O/c1-8(6-7-14)9-4-2-3-5-10(9)11(12)13/h2-7,11H,1H3/b8-6+. The summed E-state index contributed by atoms with van der Waals surface area (Å²) in [5.41, 5.74) is 0.939. The van der Waals surface area contributed by atoms with E-state index >= 15 is 0 Å². The number of hydrogen-bond donors (Lipinski definition) is 0. The molecule has 0 fully saturated rings. The van der Waals surface area contributed by atoms with Crippen molar-refractivity contribution < 1.29 is 13.6 Å². The second-order valence-corrected chi connectivity index (χ2v) is 2.87. The van der Waals surface area contributed by atoms with E-state index in [4.69, 9.17) is 0 Å². The summed E-state index contributed by atoms with van der Waals surface area (Å²) in [6, 6.07) is 6.17. The average molecular weight is 196 g/mol. The third-order valence-electron chi connectivity index (χ3n) is 1.94. The first-order chi connectivity index (χ1) is 6.66. The van der Waals surface area contributed by atoms with Crippen LogP contribution in [0.1, 0.15) is 24.5 Å². The van der Waals surface area contributed by atoms with Gasteiger partial charge in [0.25, 0.3) is 6.43 Å². The molecule has 0 aliphatic heterocycles. The molecule has 0 aliphatic carbocycles. The van der Waals surface area contributed by atoms with E-state index in [9.17, 15) is 13.6 Å². The van der Waals surface area contributed by atoms with E-state index in [0.717, 1.165) is 0 Å². The van der Waals surface area contributed by atoms with Crippen LogP contribution in [-0.2, 0) is 4.79 Å². The van der Waals surface area contributed by atoms with Crippen LogP contribution in [0, 0.1) is 0 Å². The lowest BCUT2D eigenvalue weighted by Gasteiger charge is -2.07. The van der Waals surface area contributed by atoms with Crippen LogP contribution in [-0.4, -0.2) is 6.29 Å². The molecule has 0 spiro atoms. The Kier molecular flexibility index (Phi) is 3.51. The van der Waals surface area contributed by atoms with E-state index < -0.39 is 6.43 Å². The van der Waals surface area contributed by atoms with E-state index in [1.807, 2.05) is 0 Å². The fourth-order valence-electron chi connectivity index (χ4n) is 1.24. The van der Waals surface area contributed by atoms with Crippen molar-refractivity contribution in [3.63, 3.8) is 0 Å². The zero-order chi connectivity index (χ0) is 10.6. The molecule has 0 saturated heterocycles. The van der Waals surface area contributed by atoms with E-state index in [1.165, 1.54) is 12.1 Å². The van der Waals surface area contributed by atoms with Gasteiger partial charge in [0, 0.05) is 5.56 Å². The largest absolute Gasteiger partial charge is 0.299 e. The molecule has 0 aliphatic rings. The topological polar surface area (TPSA) is 17.1 Å². The first kappa shape index (κ1) is 10.6. The lowest BCUT2D eigenvalue weighted by atomic mass is 10.0. The molecule has 0 radical (unpaired) electrons. The predicted molar refractivity (Wildman–Crippen MR) is 51.1 cm³/mol. The van der Waals surface area contributed by atoms with Crippen LogP contribution in [0.15, 0.2) is 30.3 Å². The maximum Gasteiger partial charge on any atom is 0.264 e. The third-order valence-corrected chi connectivity index (χ3v) is 1.94. The fourth-order valence-corrected chi connectivity index (χ4v) is 1.24. The molecule has 0 atom stereocenters. The van der Waals surface area contributed by atoms with Crippen molar-refractivity contribution in [1.29, 1.82) is 0 Å². The lowest BCUT2D eigenvalue weighted by Crippen LogP contribution is -1.91. The number of carbonyl (C=O) groups is 1. The molecular formula is C11H10F2O. The van der Waals surface area contributed by atoms with Gasteiger partial charge in [0.15, 0.2) is 0 Å². The SMILES string of the molecule is C/C(=C\C=O)c1ccccc1C(F)F. The number of hydrogen-bond acceptors (Lipinski definition) is 1. The Labute approximate surface area is 81.1 Å². The quantitative estimate of drug-likeness (QED) is 0.535. The Morgan fingerprint density at radius 2 is 2.00 bits per heavy atom. The van der Waals surface area contributed by atoms with Gasteiger partial charge in [-0.2, -0.15) is 0 Å². The summed E-state index contributed by atoms with van der Waals surface area (Å²) in [7, 11) is 0. The molecule has 1 aromatic rings. The van der Waals surface area contributed by atoms with Crippen LogP contribution >= 0.6 is 0 Å². The lowest BCUT2D eigenvalue weighted by molar-refractivity contribution is -0.104. The zero-order valence-electron chi connectivity index (χ0n) is 7.71. The molecule has 14 heavy (non-hydrogen) atoms. The van der Waals surface area contributed by atoms with Gasteiger partial charge >= 0.3 is 0 Å². The van der Waals surface area contributed by atoms with Crippen molar-refractivity contribution in [1.82, 2.24) is 0 Å². The van der Waals surface area contributed by atoms with Crippen LogP contribution in [0.2, 0.25) is 0 Å². The van der Waals surface area contributed by atoms with Crippen LogP contribution in [0.25, 0.3) is 5.57 Å². The zero-order valence-corrected chi connectivity index (χ0v) is 7.71. The number of rotatable bonds is 3. The first-order valence-corrected chi connectivity index (χ1v) is 4.16. The maximum absolute atomic E-state index is 12.5. The summed E-state index contributed by atoms with van der Waals surface area (Å²) < 4.78 is 25.0. The smallest absolute Gasteiger partial charge is 0.264 e. The first-order valence-electron chi connectivity index (χ1n) is 4.16. The minimum Gasteiger partial charge on any atom is -0.299 e. The molecule has 0 amide bonds. The Balaban J connectivity index is 3.19. The van der Waals surface area contributed by atoms with Gasteiger partial charge < -0.3 is 0 Å². The Morgan fingerprint density at radius 3 is 2.57 bits per heavy atom. The number of aldehydes is 1. The number of benzene rings is 1. The highest BCUT2D eigenvalue weighted by molar-refractivity contribution is 5.81. The monoisotopic (exact) mass is 196 g/mol. The Bertz CT molecular complexity index is 356. The van der Waals surface area contributed by atoms with E-state index in [0.29, 0.717) is 17.4 Å². The van der Waals surface area contributed by atoms with Crippen molar-refractivity contribution in [2.45, 2.75) is 13.3 Å². The van der Waals surface area contributed by atoms with Crippen LogP contribution in [0.5, 0.6) is 0 Å². The van der Waals surface area contributed by atoms with Crippen LogP contribution in [0.4, 0.5) is 8.78 Å². The highest BCUT2D eigenvalue weighted by Gasteiger charge is 2.12. The van der Waals surface area contributed by atoms with Gasteiger partial charge in [0.1, 0.15) is 6.29 Å². The van der Waals surface area contributed by atoms with Crippen molar-refractivity contribution in [2.24, 2.45) is 0 Å². The molecule has 0 unspecified atom stereocenters. The van der Waals surface area contributed by atoms with E-state index in [-0.39, 0.29) is 5.56 Å². The van der Waals surface area contributed by atoms with Gasteiger partial charge in [-0.05, 0) is 24.1 Å². The van der Waals surface area contributed by atoms with Crippen molar-refractivity contribution >= 4 is 11.9 Å². The molecular weight excluding hydrogens is 186 g/mol. The summed E-state index contributed by atoms with van der Waals surface area (Å²) >= 11 is 0. The predicted octanol–water partition coefficient (Wildman–Crippen LogP) is 3.23. The van der Waals surface area contributed by atoms with Gasteiger partial charge in [0.2, 0.25) is 0 Å². The summed E-state index contributed by atoms with van der Waals surface area (Å²) in [6.45, 7) is 1.63. The Hall–Kier alpha value is -1.51. The van der Waals surface area contributed by atoms with Gasteiger partial charge in [0.05, 0.1) is 0 Å². The van der Waals surface area contributed by atoms with Crippen LogP contribution in [0.3, 0.4) is 0 Å². The normalized spacial score (nSPS) is 11.9. The van der Waals surface area contributed by atoms with Crippen molar-refractivity contribution in [2.75, 3.05) is 0 Å². The molecule has 1 nitrogen and oxygen atoms in total. The highest BCUT2D eigenvalue weighted by atomic mass is 19.3. The minimum absolute atomic E-state index is 0.0388. The number of allylic oxidation sites excluding steroid dienone is 2. The molecule has 74 valence electrons. The number of carbonyl (C=O) groups excluding carboxylic acids is 1. The van der Waals surface area contributed by atoms with Gasteiger partial charge in [-0.25, -0.2) is 8.78 Å². The molecule has 1 rings (SSSR count). The summed E-state index contributed by atoms with van der Waals surface area (Å²) in [6.07, 6.45) is -0.639. The molecule has 0 N–H and O–H groups in total. The fraction of sp³-hybridized carbons (Fsp3) is 0.182. The Morgan fingerprint density at radius 1 is 1.36 bits per heavy atom. The minimum atomic E-state index is -2.51. The van der Waals surface area contributed by atoms with E-state index in [1.54, 1.807) is 25.1 Å². The second kappa shape index (κ2) is 4.65. The molecule has 1 aromatic carbocycles. The third kappa shape index (κ3) is 2.25. The molecule has 0 heterocycles. The van der Waals surface area contributed by atoms with Gasteiger partial charge in [-0.15, -0.1) is 0 Å².